The van der Waals surface area contributed by atoms with Gasteiger partial charge in [-0.2, -0.15) is 0 Å². The van der Waals surface area contributed by atoms with Crippen molar-refractivity contribution in [3.8, 4) is 0 Å². The molecule has 0 bridgehead atoms. The molecule has 2 amide bonds. The molecule has 4 heteroatoms. The average Bonchev–Trinajstić information content (AvgIpc) is 2.38. The van der Waals surface area contributed by atoms with Crippen LogP contribution in [0.3, 0.4) is 0 Å². The highest BCUT2D eigenvalue weighted by molar-refractivity contribution is 5.96. The molecular weight excluding hydrogens is 264 g/mol. The first-order valence-corrected chi connectivity index (χ1v) is 8.47. The molecule has 0 saturated carbocycles. The van der Waals surface area contributed by atoms with Crippen molar-refractivity contribution < 1.29 is 9.59 Å². The molecule has 2 unspecified atom stereocenters. The highest BCUT2D eigenvalue weighted by Gasteiger charge is 2.39. The maximum atomic E-state index is 12.6. The Labute approximate surface area is 129 Å². The lowest BCUT2D eigenvalue weighted by Gasteiger charge is -2.40. The molecule has 21 heavy (non-hydrogen) atoms. The summed E-state index contributed by atoms with van der Waals surface area (Å²) in [6.45, 7) is 11.3. The lowest BCUT2D eigenvalue weighted by Crippen LogP contribution is -2.63. The molecule has 1 fully saturated rings. The van der Waals surface area contributed by atoms with Crippen LogP contribution < -0.4 is 5.32 Å². The van der Waals surface area contributed by atoms with Gasteiger partial charge in [0, 0.05) is 6.54 Å². The molecule has 1 aliphatic heterocycles. The van der Waals surface area contributed by atoms with E-state index in [0.717, 1.165) is 32.1 Å². The fraction of sp³-hybridized carbons (Fsp3) is 0.882. The molecule has 1 aliphatic rings. The molecule has 0 aliphatic carbocycles. The second-order valence-corrected chi connectivity index (χ2v) is 7.06. The number of rotatable bonds is 8. The van der Waals surface area contributed by atoms with E-state index in [2.05, 4.69) is 33.0 Å². The van der Waals surface area contributed by atoms with Crippen LogP contribution in [-0.2, 0) is 9.59 Å². The van der Waals surface area contributed by atoms with Crippen LogP contribution in [0.25, 0.3) is 0 Å². The van der Waals surface area contributed by atoms with E-state index in [4.69, 9.17) is 0 Å². The van der Waals surface area contributed by atoms with E-state index < -0.39 is 0 Å². The first-order chi connectivity index (χ1) is 9.86. The van der Waals surface area contributed by atoms with E-state index in [1.54, 1.807) is 0 Å². The summed E-state index contributed by atoms with van der Waals surface area (Å²) in [7, 11) is 0. The Morgan fingerprint density at radius 2 is 1.81 bits per heavy atom. The minimum Gasteiger partial charge on any atom is -0.343 e. The van der Waals surface area contributed by atoms with Crippen LogP contribution >= 0.6 is 0 Å². The van der Waals surface area contributed by atoms with E-state index in [0.29, 0.717) is 18.4 Å². The van der Waals surface area contributed by atoms with Crippen molar-refractivity contribution in [2.24, 2.45) is 11.8 Å². The zero-order chi connectivity index (χ0) is 16.0. The third kappa shape index (κ3) is 5.33. The Morgan fingerprint density at radius 1 is 1.14 bits per heavy atom. The second kappa shape index (κ2) is 8.40. The molecule has 0 aromatic carbocycles. The number of carbonyl (C=O) groups excluding carboxylic acids is 2. The third-order valence-electron chi connectivity index (χ3n) is 4.03. The molecule has 1 rings (SSSR count). The topological polar surface area (TPSA) is 49.4 Å². The van der Waals surface area contributed by atoms with Gasteiger partial charge in [-0.3, -0.25) is 9.59 Å². The molecular formula is C17H32N2O2. The maximum absolute atomic E-state index is 12.6. The van der Waals surface area contributed by atoms with Crippen molar-refractivity contribution >= 4 is 11.8 Å². The molecule has 0 aromatic heterocycles. The SMILES string of the molecule is CCCC1NC(=O)C(CC(C)C)N(CCCC(C)C)C1=O. The fourth-order valence-corrected chi connectivity index (χ4v) is 2.93. The molecule has 1 N–H and O–H groups in total. The van der Waals surface area contributed by atoms with E-state index >= 15 is 0 Å². The Kier molecular flexibility index (Phi) is 7.20. The molecule has 122 valence electrons. The number of hydrogen-bond donors (Lipinski definition) is 1. The summed E-state index contributed by atoms with van der Waals surface area (Å²) in [5.74, 6) is 1.19. The lowest BCUT2D eigenvalue weighted by atomic mass is 9.95. The van der Waals surface area contributed by atoms with Crippen LogP contribution in [0.4, 0.5) is 0 Å². The standard InChI is InChI=1S/C17H32N2O2/c1-6-8-14-17(21)19(10-7-9-12(2)3)15(11-13(4)5)16(20)18-14/h12-15H,6-11H2,1-5H3,(H,18,20). The second-order valence-electron chi connectivity index (χ2n) is 7.06. The van der Waals surface area contributed by atoms with Gasteiger partial charge >= 0.3 is 0 Å². The van der Waals surface area contributed by atoms with Gasteiger partial charge in [0.1, 0.15) is 12.1 Å². The Morgan fingerprint density at radius 3 is 2.33 bits per heavy atom. The van der Waals surface area contributed by atoms with Crippen molar-refractivity contribution in [2.45, 2.75) is 78.8 Å². The molecule has 0 radical (unpaired) electrons. The quantitative estimate of drug-likeness (QED) is 0.748. The summed E-state index contributed by atoms with van der Waals surface area (Å²) >= 11 is 0. The maximum Gasteiger partial charge on any atom is 0.245 e. The smallest absolute Gasteiger partial charge is 0.245 e. The third-order valence-corrected chi connectivity index (χ3v) is 4.03. The van der Waals surface area contributed by atoms with Gasteiger partial charge in [-0.15, -0.1) is 0 Å². The van der Waals surface area contributed by atoms with Gasteiger partial charge in [0.15, 0.2) is 0 Å². The van der Waals surface area contributed by atoms with E-state index in [9.17, 15) is 9.59 Å². The van der Waals surface area contributed by atoms with E-state index in [-0.39, 0.29) is 23.9 Å². The zero-order valence-corrected chi connectivity index (χ0v) is 14.3. The first kappa shape index (κ1) is 18.0. The van der Waals surface area contributed by atoms with Crippen molar-refractivity contribution in [3.05, 3.63) is 0 Å². The summed E-state index contributed by atoms with van der Waals surface area (Å²) in [6.07, 6.45) is 4.46. The van der Waals surface area contributed by atoms with Crippen LogP contribution in [0.15, 0.2) is 0 Å². The van der Waals surface area contributed by atoms with E-state index in [1.807, 2.05) is 11.8 Å². The summed E-state index contributed by atoms with van der Waals surface area (Å²) in [5, 5.41) is 2.92. The Hall–Kier alpha value is -1.06. The van der Waals surface area contributed by atoms with Crippen molar-refractivity contribution in [2.75, 3.05) is 6.54 Å². The molecule has 0 aromatic rings. The molecule has 4 nitrogen and oxygen atoms in total. The number of piperazine rings is 1. The molecule has 2 atom stereocenters. The summed E-state index contributed by atoms with van der Waals surface area (Å²) < 4.78 is 0. The highest BCUT2D eigenvalue weighted by atomic mass is 16.2. The zero-order valence-electron chi connectivity index (χ0n) is 14.3. The number of carbonyl (C=O) groups is 2. The lowest BCUT2D eigenvalue weighted by molar-refractivity contribution is -0.150. The summed E-state index contributed by atoms with van der Waals surface area (Å²) in [5.41, 5.74) is 0. The predicted molar refractivity (Wildman–Crippen MR) is 85.9 cm³/mol. The molecule has 1 saturated heterocycles. The number of amides is 2. The van der Waals surface area contributed by atoms with Crippen LogP contribution in [-0.4, -0.2) is 35.3 Å². The van der Waals surface area contributed by atoms with Crippen molar-refractivity contribution in [1.82, 2.24) is 10.2 Å². The van der Waals surface area contributed by atoms with Gasteiger partial charge in [0.05, 0.1) is 0 Å². The van der Waals surface area contributed by atoms with Crippen LogP contribution in [0.2, 0.25) is 0 Å². The largest absolute Gasteiger partial charge is 0.343 e. The first-order valence-electron chi connectivity index (χ1n) is 8.47. The minimum atomic E-state index is -0.315. The Balaban J connectivity index is 2.78. The molecule has 1 heterocycles. The summed E-state index contributed by atoms with van der Waals surface area (Å²) in [4.78, 5) is 26.9. The van der Waals surface area contributed by atoms with Crippen LogP contribution in [0.1, 0.15) is 66.7 Å². The normalized spacial score (nSPS) is 23.1. The van der Waals surface area contributed by atoms with Gasteiger partial charge in [0.2, 0.25) is 11.8 Å². The summed E-state index contributed by atoms with van der Waals surface area (Å²) in [6, 6.07) is -0.595. The average molecular weight is 296 g/mol. The van der Waals surface area contributed by atoms with Gasteiger partial charge in [-0.05, 0) is 37.5 Å². The van der Waals surface area contributed by atoms with Crippen LogP contribution in [0.5, 0.6) is 0 Å². The van der Waals surface area contributed by atoms with Gasteiger partial charge in [-0.25, -0.2) is 0 Å². The van der Waals surface area contributed by atoms with Crippen molar-refractivity contribution in [3.63, 3.8) is 0 Å². The number of nitrogens with zero attached hydrogens (tertiary/aromatic N) is 1. The fourth-order valence-electron chi connectivity index (χ4n) is 2.93. The monoisotopic (exact) mass is 296 g/mol. The number of hydrogen-bond acceptors (Lipinski definition) is 2. The van der Waals surface area contributed by atoms with Crippen molar-refractivity contribution in [1.29, 1.82) is 0 Å². The predicted octanol–water partition coefficient (Wildman–Crippen LogP) is 2.96. The Bertz CT molecular complexity index is 353. The van der Waals surface area contributed by atoms with Gasteiger partial charge in [-0.1, -0.05) is 41.0 Å². The van der Waals surface area contributed by atoms with E-state index in [1.165, 1.54) is 0 Å². The van der Waals surface area contributed by atoms with Gasteiger partial charge < -0.3 is 10.2 Å². The number of nitrogens with one attached hydrogen (secondary N) is 1. The minimum absolute atomic E-state index is 0.0336. The van der Waals surface area contributed by atoms with Gasteiger partial charge in [0.25, 0.3) is 0 Å². The highest BCUT2D eigenvalue weighted by Crippen LogP contribution is 2.20. The van der Waals surface area contributed by atoms with Crippen LogP contribution in [0, 0.1) is 11.8 Å². The molecule has 0 spiro atoms.